The molecule has 16 heavy (non-hydrogen) atoms. The molecule has 0 spiro atoms. The van der Waals surface area contributed by atoms with E-state index in [1.807, 2.05) is 6.92 Å². The van der Waals surface area contributed by atoms with Gasteiger partial charge in [0.15, 0.2) is 9.84 Å². The number of sulfone groups is 1. The van der Waals surface area contributed by atoms with Gasteiger partial charge in [0, 0.05) is 31.4 Å². The molecule has 0 aliphatic carbocycles. The summed E-state index contributed by atoms with van der Waals surface area (Å²) in [6.07, 6.45) is 0.604. The number of hydrogen-bond acceptors (Lipinski definition) is 5. The fourth-order valence-electron chi connectivity index (χ4n) is 1.66. The Morgan fingerprint density at radius 2 is 2.25 bits per heavy atom. The van der Waals surface area contributed by atoms with E-state index in [1.165, 1.54) is 0 Å². The topological polar surface area (TPSA) is 75.6 Å². The molecule has 2 atom stereocenters. The van der Waals surface area contributed by atoms with Gasteiger partial charge < -0.3 is 15.2 Å². The number of nitrogens with one attached hydrogen (secondary N) is 1. The van der Waals surface area contributed by atoms with Crippen LogP contribution >= 0.6 is 0 Å². The summed E-state index contributed by atoms with van der Waals surface area (Å²) >= 11 is 0. The molecule has 1 saturated heterocycles. The number of rotatable bonds is 6. The van der Waals surface area contributed by atoms with Crippen LogP contribution in [0.15, 0.2) is 0 Å². The highest BCUT2D eigenvalue weighted by atomic mass is 32.2. The van der Waals surface area contributed by atoms with Crippen molar-refractivity contribution in [3.05, 3.63) is 0 Å². The quantitative estimate of drug-likeness (QED) is 0.669. The first-order valence-corrected chi connectivity index (χ1v) is 7.43. The van der Waals surface area contributed by atoms with E-state index >= 15 is 0 Å². The van der Waals surface area contributed by atoms with Crippen LogP contribution in [0.2, 0.25) is 0 Å². The standard InChI is InChI=1S/C10H21NO4S/c1-3-16(13,14)6-9(2)11-7-10(12)4-5-15-8-10/h9,11-12H,3-8H2,1-2H3. The third kappa shape index (κ3) is 4.37. The smallest absolute Gasteiger partial charge is 0.151 e. The lowest BCUT2D eigenvalue weighted by atomic mass is 10.0. The van der Waals surface area contributed by atoms with Crippen molar-refractivity contribution in [2.24, 2.45) is 0 Å². The minimum absolute atomic E-state index is 0.112. The molecular weight excluding hydrogens is 230 g/mol. The van der Waals surface area contributed by atoms with Crippen LogP contribution < -0.4 is 5.32 Å². The molecule has 5 nitrogen and oxygen atoms in total. The average molecular weight is 251 g/mol. The molecule has 96 valence electrons. The predicted molar refractivity (Wildman–Crippen MR) is 62.2 cm³/mol. The van der Waals surface area contributed by atoms with Crippen LogP contribution in [0, 0.1) is 0 Å². The Morgan fingerprint density at radius 1 is 1.56 bits per heavy atom. The van der Waals surface area contributed by atoms with E-state index < -0.39 is 15.4 Å². The van der Waals surface area contributed by atoms with Crippen molar-refractivity contribution in [2.75, 3.05) is 31.3 Å². The van der Waals surface area contributed by atoms with Crippen molar-refractivity contribution in [3.63, 3.8) is 0 Å². The fraction of sp³-hybridized carbons (Fsp3) is 1.00. The normalized spacial score (nSPS) is 28.2. The van der Waals surface area contributed by atoms with Gasteiger partial charge in [0.1, 0.15) is 5.60 Å². The number of hydrogen-bond donors (Lipinski definition) is 2. The van der Waals surface area contributed by atoms with Gasteiger partial charge in [0.25, 0.3) is 0 Å². The maximum atomic E-state index is 11.4. The van der Waals surface area contributed by atoms with E-state index in [1.54, 1.807) is 6.92 Å². The zero-order chi connectivity index (χ0) is 12.2. The molecule has 0 aromatic heterocycles. The van der Waals surface area contributed by atoms with Crippen LogP contribution in [-0.4, -0.2) is 56.4 Å². The van der Waals surface area contributed by atoms with Crippen LogP contribution in [0.3, 0.4) is 0 Å². The van der Waals surface area contributed by atoms with E-state index in [0.29, 0.717) is 26.2 Å². The minimum Gasteiger partial charge on any atom is -0.386 e. The van der Waals surface area contributed by atoms with Crippen LogP contribution in [0.4, 0.5) is 0 Å². The lowest BCUT2D eigenvalue weighted by Crippen LogP contribution is -2.46. The highest BCUT2D eigenvalue weighted by Crippen LogP contribution is 2.17. The maximum absolute atomic E-state index is 11.4. The van der Waals surface area contributed by atoms with E-state index in [2.05, 4.69) is 5.32 Å². The summed E-state index contributed by atoms with van der Waals surface area (Å²) in [7, 11) is -2.96. The SMILES string of the molecule is CCS(=O)(=O)CC(C)NCC1(O)CCOC1. The summed E-state index contributed by atoms with van der Waals surface area (Å²) < 4.78 is 27.8. The Kier molecular flexibility index (Phi) is 4.73. The van der Waals surface area contributed by atoms with Gasteiger partial charge in [0.2, 0.25) is 0 Å². The van der Waals surface area contributed by atoms with Gasteiger partial charge in [-0.15, -0.1) is 0 Å². The van der Waals surface area contributed by atoms with Crippen molar-refractivity contribution in [1.29, 1.82) is 0 Å². The molecule has 0 bridgehead atoms. The molecule has 2 unspecified atom stereocenters. The molecule has 2 N–H and O–H groups in total. The second-order valence-corrected chi connectivity index (χ2v) is 6.91. The monoisotopic (exact) mass is 251 g/mol. The molecular formula is C10H21NO4S. The third-order valence-corrected chi connectivity index (χ3v) is 4.69. The first-order chi connectivity index (χ1) is 7.37. The lowest BCUT2D eigenvalue weighted by molar-refractivity contribution is 0.0257. The van der Waals surface area contributed by atoms with Gasteiger partial charge >= 0.3 is 0 Å². The Balaban J connectivity index is 2.32. The largest absolute Gasteiger partial charge is 0.386 e. The first kappa shape index (κ1) is 13.9. The first-order valence-electron chi connectivity index (χ1n) is 5.61. The molecule has 0 saturated carbocycles. The molecule has 0 radical (unpaired) electrons. The lowest BCUT2D eigenvalue weighted by Gasteiger charge is -2.23. The summed E-state index contributed by atoms with van der Waals surface area (Å²) in [5.74, 6) is 0.271. The summed E-state index contributed by atoms with van der Waals surface area (Å²) in [6, 6.07) is -0.144. The second kappa shape index (κ2) is 5.44. The van der Waals surface area contributed by atoms with Gasteiger partial charge in [-0.1, -0.05) is 6.92 Å². The Bertz CT molecular complexity index is 309. The molecule has 1 fully saturated rings. The average Bonchev–Trinajstić information content (AvgIpc) is 2.63. The fourth-order valence-corrected chi connectivity index (χ4v) is 2.77. The van der Waals surface area contributed by atoms with Crippen molar-refractivity contribution in [1.82, 2.24) is 5.32 Å². The van der Waals surface area contributed by atoms with Crippen molar-refractivity contribution < 1.29 is 18.3 Å². The Labute approximate surface area is 97.1 Å². The number of ether oxygens (including phenoxy) is 1. The van der Waals surface area contributed by atoms with Gasteiger partial charge in [-0.05, 0) is 6.92 Å². The summed E-state index contributed by atoms with van der Waals surface area (Å²) in [6.45, 7) is 4.73. The summed E-state index contributed by atoms with van der Waals surface area (Å²) in [5, 5.41) is 13.0. The molecule has 0 aromatic carbocycles. The second-order valence-electron chi connectivity index (χ2n) is 4.51. The van der Waals surface area contributed by atoms with Gasteiger partial charge in [-0.2, -0.15) is 0 Å². The van der Waals surface area contributed by atoms with Gasteiger partial charge in [-0.3, -0.25) is 0 Å². The molecule has 1 heterocycles. The molecule has 1 aliphatic rings. The Hall–Kier alpha value is -0.170. The molecule has 1 aliphatic heterocycles. The van der Waals surface area contributed by atoms with E-state index in [-0.39, 0.29) is 17.5 Å². The van der Waals surface area contributed by atoms with Gasteiger partial charge in [-0.25, -0.2) is 8.42 Å². The van der Waals surface area contributed by atoms with Crippen molar-refractivity contribution in [2.45, 2.75) is 31.9 Å². The maximum Gasteiger partial charge on any atom is 0.151 e. The highest BCUT2D eigenvalue weighted by molar-refractivity contribution is 7.91. The van der Waals surface area contributed by atoms with Crippen LogP contribution in [-0.2, 0) is 14.6 Å². The molecule has 0 aromatic rings. The van der Waals surface area contributed by atoms with Crippen LogP contribution in [0.5, 0.6) is 0 Å². The number of aliphatic hydroxyl groups is 1. The van der Waals surface area contributed by atoms with Crippen molar-refractivity contribution in [3.8, 4) is 0 Å². The molecule has 0 amide bonds. The molecule has 1 rings (SSSR count). The summed E-state index contributed by atoms with van der Waals surface area (Å²) in [5.41, 5.74) is -0.829. The predicted octanol–water partition coefficient (Wildman–Crippen LogP) is -0.449. The zero-order valence-electron chi connectivity index (χ0n) is 9.90. The zero-order valence-corrected chi connectivity index (χ0v) is 10.7. The third-order valence-electron chi connectivity index (χ3n) is 2.81. The van der Waals surface area contributed by atoms with Gasteiger partial charge in [0.05, 0.1) is 12.4 Å². The molecule has 6 heteroatoms. The van der Waals surface area contributed by atoms with E-state index in [4.69, 9.17) is 4.74 Å². The van der Waals surface area contributed by atoms with Crippen molar-refractivity contribution >= 4 is 9.84 Å². The van der Waals surface area contributed by atoms with Crippen LogP contribution in [0.1, 0.15) is 20.3 Å². The Morgan fingerprint density at radius 3 is 2.75 bits per heavy atom. The van der Waals surface area contributed by atoms with E-state index in [9.17, 15) is 13.5 Å². The minimum atomic E-state index is -2.96. The van der Waals surface area contributed by atoms with Crippen LogP contribution in [0.25, 0.3) is 0 Å². The highest BCUT2D eigenvalue weighted by Gasteiger charge is 2.32. The van der Waals surface area contributed by atoms with E-state index in [0.717, 1.165) is 0 Å². The summed E-state index contributed by atoms with van der Waals surface area (Å²) in [4.78, 5) is 0.